The van der Waals surface area contributed by atoms with Crippen molar-refractivity contribution in [1.29, 1.82) is 0 Å². The van der Waals surface area contributed by atoms with Crippen LogP contribution in [0.5, 0.6) is 5.75 Å². The van der Waals surface area contributed by atoms with E-state index in [1.165, 1.54) is 18.4 Å². The lowest BCUT2D eigenvalue weighted by molar-refractivity contribution is 0.0817. The molecule has 114 valence electrons. The number of aliphatic hydroxyl groups is 2. The Bertz CT molecular complexity index is 348. The summed E-state index contributed by atoms with van der Waals surface area (Å²) in [5.74, 6) is 1.19. The van der Waals surface area contributed by atoms with Gasteiger partial charge in [-0.1, -0.05) is 38.8 Å². The number of unbranched alkanes of at least 4 members (excludes halogenated alkanes) is 2. The van der Waals surface area contributed by atoms with Crippen LogP contribution in [0.25, 0.3) is 0 Å². The highest BCUT2D eigenvalue weighted by Crippen LogP contribution is 2.26. The van der Waals surface area contributed by atoms with E-state index in [0.29, 0.717) is 6.42 Å². The third kappa shape index (κ3) is 5.93. The molecule has 0 radical (unpaired) electrons. The highest BCUT2D eigenvalue weighted by Gasteiger charge is 2.14. The van der Waals surface area contributed by atoms with Crippen LogP contribution in [0.2, 0.25) is 0 Å². The first-order chi connectivity index (χ1) is 9.71. The van der Waals surface area contributed by atoms with E-state index >= 15 is 0 Å². The summed E-state index contributed by atoms with van der Waals surface area (Å²) in [6.07, 6.45) is 4.42. The Balaban J connectivity index is 2.51. The Morgan fingerprint density at radius 3 is 2.35 bits per heavy atom. The van der Waals surface area contributed by atoms with E-state index in [1.54, 1.807) is 0 Å². The van der Waals surface area contributed by atoms with Gasteiger partial charge in [0.05, 0.1) is 19.3 Å². The third-order valence-electron chi connectivity index (χ3n) is 3.63. The minimum Gasteiger partial charge on any atom is -0.494 e. The fourth-order valence-electron chi connectivity index (χ4n) is 2.32. The molecule has 0 aromatic heterocycles. The first-order valence-electron chi connectivity index (χ1n) is 7.72. The van der Waals surface area contributed by atoms with Crippen molar-refractivity contribution in [2.24, 2.45) is 0 Å². The first-order valence-corrected chi connectivity index (χ1v) is 7.72. The molecule has 0 saturated heterocycles. The van der Waals surface area contributed by atoms with Gasteiger partial charge in [0, 0.05) is 0 Å². The van der Waals surface area contributed by atoms with E-state index < -0.39 is 6.10 Å². The zero-order valence-electron chi connectivity index (χ0n) is 12.7. The van der Waals surface area contributed by atoms with Crippen molar-refractivity contribution in [2.75, 3.05) is 13.2 Å². The zero-order chi connectivity index (χ0) is 14.8. The van der Waals surface area contributed by atoms with Gasteiger partial charge in [-0.15, -0.1) is 0 Å². The normalized spacial score (nSPS) is 14.0. The molecule has 3 nitrogen and oxygen atoms in total. The molecule has 0 spiro atoms. The molecular weight excluding hydrogens is 252 g/mol. The van der Waals surface area contributed by atoms with E-state index in [4.69, 9.17) is 9.84 Å². The summed E-state index contributed by atoms with van der Waals surface area (Å²) in [7, 11) is 0. The summed E-state index contributed by atoms with van der Waals surface area (Å²) >= 11 is 0. The molecular formula is C17H28O3. The molecule has 0 amide bonds. The second-order valence-electron chi connectivity index (χ2n) is 5.30. The zero-order valence-corrected chi connectivity index (χ0v) is 12.7. The smallest absolute Gasteiger partial charge is 0.119 e. The van der Waals surface area contributed by atoms with E-state index in [9.17, 15) is 5.11 Å². The van der Waals surface area contributed by atoms with Crippen LogP contribution in [0.15, 0.2) is 24.3 Å². The van der Waals surface area contributed by atoms with Crippen molar-refractivity contribution in [3.05, 3.63) is 29.8 Å². The van der Waals surface area contributed by atoms with Gasteiger partial charge in [-0.05, 0) is 42.9 Å². The second kappa shape index (κ2) is 9.78. The lowest BCUT2D eigenvalue weighted by Crippen LogP contribution is -2.16. The monoisotopic (exact) mass is 280 g/mol. The summed E-state index contributed by atoms with van der Waals surface area (Å²) in [4.78, 5) is 0. The molecule has 0 saturated carbocycles. The Kier molecular flexibility index (Phi) is 8.31. The molecule has 1 aromatic carbocycles. The van der Waals surface area contributed by atoms with Crippen LogP contribution in [-0.4, -0.2) is 29.5 Å². The van der Waals surface area contributed by atoms with Crippen LogP contribution >= 0.6 is 0 Å². The highest BCUT2D eigenvalue weighted by atomic mass is 16.5. The standard InChI is InChI=1S/C17H28O3/c1-3-5-6-11-20-17-9-7-15(8-10-17)14(4-2)12-16(19)13-18/h7-10,14,16,18-19H,3-6,11-13H2,1-2H3. The fraction of sp³-hybridized carbons (Fsp3) is 0.647. The van der Waals surface area contributed by atoms with Crippen molar-refractivity contribution < 1.29 is 14.9 Å². The van der Waals surface area contributed by atoms with Crippen molar-refractivity contribution in [3.8, 4) is 5.75 Å². The molecule has 2 N–H and O–H groups in total. The van der Waals surface area contributed by atoms with Gasteiger partial charge in [-0.2, -0.15) is 0 Å². The molecule has 1 aromatic rings. The van der Waals surface area contributed by atoms with Crippen LogP contribution in [0.1, 0.15) is 57.4 Å². The van der Waals surface area contributed by atoms with Crippen molar-refractivity contribution in [3.63, 3.8) is 0 Å². The highest BCUT2D eigenvalue weighted by molar-refractivity contribution is 5.29. The van der Waals surface area contributed by atoms with Crippen LogP contribution in [0.4, 0.5) is 0 Å². The van der Waals surface area contributed by atoms with E-state index in [-0.39, 0.29) is 12.5 Å². The van der Waals surface area contributed by atoms with Crippen LogP contribution < -0.4 is 4.74 Å². The Morgan fingerprint density at radius 1 is 1.10 bits per heavy atom. The number of hydrogen-bond donors (Lipinski definition) is 2. The number of aliphatic hydroxyl groups excluding tert-OH is 2. The molecule has 0 fully saturated rings. The van der Waals surface area contributed by atoms with Gasteiger partial charge in [0.2, 0.25) is 0 Å². The summed E-state index contributed by atoms with van der Waals surface area (Å²) in [5.41, 5.74) is 1.20. The lowest BCUT2D eigenvalue weighted by atomic mass is 9.91. The number of benzene rings is 1. The van der Waals surface area contributed by atoms with Crippen molar-refractivity contribution in [2.45, 2.75) is 58.0 Å². The maximum absolute atomic E-state index is 9.57. The van der Waals surface area contributed by atoms with Gasteiger partial charge in [0.25, 0.3) is 0 Å². The van der Waals surface area contributed by atoms with Crippen molar-refractivity contribution >= 4 is 0 Å². The molecule has 3 heteroatoms. The van der Waals surface area contributed by atoms with Gasteiger partial charge in [-0.25, -0.2) is 0 Å². The minimum atomic E-state index is -0.634. The van der Waals surface area contributed by atoms with Gasteiger partial charge in [0.1, 0.15) is 5.75 Å². The average molecular weight is 280 g/mol. The maximum atomic E-state index is 9.57. The van der Waals surface area contributed by atoms with Gasteiger partial charge >= 0.3 is 0 Å². The maximum Gasteiger partial charge on any atom is 0.119 e. The molecule has 0 aliphatic rings. The molecule has 0 aliphatic heterocycles. The molecule has 1 rings (SSSR count). The van der Waals surface area contributed by atoms with E-state index in [2.05, 4.69) is 26.0 Å². The first kappa shape index (κ1) is 17.0. The predicted octanol–water partition coefficient (Wildman–Crippen LogP) is 3.49. The summed E-state index contributed by atoms with van der Waals surface area (Å²) < 4.78 is 5.69. The SMILES string of the molecule is CCCCCOc1ccc(C(CC)CC(O)CO)cc1. The Labute approximate surface area is 122 Å². The topological polar surface area (TPSA) is 49.7 Å². The van der Waals surface area contributed by atoms with Crippen LogP contribution in [-0.2, 0) is 0 Å². The van der Waals surface area contributed by atoms with Crippen LogP contribution in [0.3, 0.4) is 0 Å². The molecule has 2 unspecified atom stereocenters. The Morgan fingerprint density at radius 2 is 1.80 bits per heavy atom. The lowest BCUT2D eigenvalue weighted by Gasteiger charge is -2.18. The molecule has 0 aliphatic carbocycles. The summed E-state index contributed by atoms with van der Waals surface area (Å²) in [6, 6.07) is 8.12. The second-order valence-corrected chi connectivity index (χ2v) is 5.30. The number of ether oxygens (including phenoxy) is 1. The molecule has 0 heterocycles. The fourth-order valence-corrected chi connectivity index (χ4v) is 2.32. The molecule has 2 atom stereocenters. The largest absolute Gasteiger partial charge is 0.494 e. The quantitative estimate of drug-likeness (QED) is 0.645. The average Bonchev–Trinajstić information content (AvgIpc) is 2.49. The summed E-state index contributed by atoms with van der Waals surface area (Å²) in [6.45, 7) is 4.88. The van der Waals surface area contributed by atoms with E-state index in [0.717, 1.165) is 25.2 Å². The van der Waals surface area contributed by atoms with Crippen molar-refractivity contribution in [1.82, 2.24) is 0 Å². The number of hydrogen-bond acceptors (Lipinski definition) is 3. The summed E-state index contributed by atoms with van der Waals surface area (Å²) in [5, 5.41) is 18.5. The van der Waals surface area contributed by atoms with Gasteiger partial charge < -0.3 is 14.9 Å². The van der Waals surface area contributed by atoms with Gasteiger partial charge in [0.15, 0.2) is 0 Å². The van der Waals surface area contributed by atoms with E-state index in [1.807, 2.05) is 12.1 Å². The third-order valence-corrected chi connectivity index (χ3v) is 3.63. The predicted molar refractivity (Wildman–Crippen MR) is 82.2 cm³/mol. The molecule has 0 bridgehead atoms. The number of rotatable bonds is 10. The van der Waals surface area contributed by atoms with Crippen LogP contribution in [0, 0.1) is 0 Å². The molecule has 20 heavy (non-hydrogen) atoms. The Hall–Kier alpha value is -1.06. The minimum absolute atomic E-state index is 0.172. The van der Waals surface area contributed by atoms with Gasteiger partial charge in [-0.3, -0.25) is 0 Å².